The molecular weight excluding hydrogens is 205 g/mol. The number of nitrogens with zero attached hydrogens (tertiary/aromatic N) is 2. The van der Waals surface area contributed by atoms with E-state index in [4.69, 9.17) is 0 Å². The molecule has 1 heterocycles. The van der Waals surface area contributed by atoms with E-state index in [1.54, 1.807) is 20.0 Å². The van der Waals surface area contributed by atoms with Crippen molar-refractivity contribution in [2.45, 2.75) is 44.8 Å². The van der Waals surface area contributed by atoms with Crippen molar-refractivity contribution in [3.63, 3.8) is 0 Å². The van der Waals surface area contributed by atoms with Gasteiger partial charge in [-0.2, -0.15) is 18.3 Å². The smallest absolute Gasteiger partial charge is 0.269 e. The van der Waals surface area contributed by atoms with Crippen LogP contribution in [0.25, 0.3) is 0 Å². The highest BCUT2D eigenvalue weighted by molar-refractivity contribution is 5.24. The van der Waals surface area contributed by atoms with Gasteiger partial charge in [-0.3, -0.25) is 4.68 Å². The lowest BCUT2D eigenvalue weighted by molar-refractivity contribution is -0.142. The Balaban J connectivity index is 2.41. The maximum Gasteiger partial charge on any atom is 0.435 e. The van der Waals surface area contributed by atoms with Gasteiger partial charge in [0.2, 0.25) is 0 Å². The summed E-state index contributed by atoms with van der Waals surface area (Å²) in [5.74, 6) is -0.144. The van der Waals surface area contributed by atoms with Crippen LogP contribution in [0.15, 0.2) is 6.20 Å². The van der Waals surface area contributed by atoms with Crippen LogP contribution in [0, 0.1) is 0 Å². The summed E-state index contributed by atoms with van der Waals surface area (Å²) in [5.41, 5.74) is -0.418. The molecule has 0 bridgehead atoms. The molecular formula is C10H13F3N2. The second-order valence-electron chi connectivity index (χ2n) is 4.30. The van der Waals surface area contributed by atoms with Crippen LogP contribution in [0.1, 0.15) is 49.9 Å². The van der Waals surface area contributed by atoms with E-state index in [0.29, 0.717) is 5.56 Å². The minimum Gasteiger partial charge on any atom is -0.269 e. The van der Waals surface area contributed by atoms with Crippen LogP contribution >= 0.6 is 0 Å². The predicted octanol–water partition coefficient (Wildman–Crippen LogP) is 3.36. The molecule has 0 unspecified atom stereocenters. The van der Waals surface area contributed by atoms with E-state index >= 15 is 0 Å². The second kappa shape index (κ2) is 3.25. The summed E-state index contributed by atoms with van der Waals surface area (Å²) < 4.78 is 39.4. The van der Waals surface area contributed by atoms with Crippen molar-refractivity contribution in [3.05, 3.63) is 17.5 Å². The molecule has 0 N–H and O–H groups in total. The fourth-order valence-corrected chi connectivity index (χ4v) is 1.57. The fourth-order valence-electron chi connectivity index (χ4n) is 1.57. The Morgan fingerprint density at radius 2 is 2.00 bits per heavy atom. The van der Waals surface area contributed by atoms with Crippen molar-refractivity contribution in [1.82, 2.24) is 9.78 Å². The molecule has 1 aromatic heterocycles. The molecule has 84 valence electrons. The highest BCUT2D eigenvalue weighted by Crippen LogP contribution is 2.39. The Hall–Kier alpha value is -1.00. The van der Waals surface area contributed by atoms with Gasteiger partial charge in [-0.15, -0.1) is 0 Å². The van der Waals surface area contributed by atoms with Crippen molar-refractivity contribution >= 4 is 0 Å². The van der Waals surface area contributed by atoms with Crippen molar-refractivity contribution in [2.24, 2.45) is 0 Å². The lowest BCUT2D eigenvalue weighted by Gasteiger charge is -2.07. The van der Waals surface area contributed by atoms with Gasteiger partial charge in [-0.05, 0) is 18.8 Å². The summed E-state index contributed by atoms with van der Waals surface area (Å²) in [6, 6.07) is 0.193. The standard InChI is InChI=1S/C10H13F3N2/c1-6(2)8-5-15(7-3-4-7)14-9(8)10(11,12)13/h5-7H,3-4H2,1-2H3. The summed E-state index contributed by atoms with van der Waals surface area (Å²) in [6.45, 7) is 3.51. The van der Waals surface area contributed by atoms with Crippen LogP contribution in [0.4, 0.5) is 13.2 Å². The first-order valence-corrected chi connectivity index (χ1v) is 5.06. The van der Waals surface area contributed by atoms with Crippen molar-refractivity contribution < 1.29 is 13.2 Å². The number of aromatic nitrogens is 2. The number of hydrogen-bond acceptors (Lipinski definition) is 1. The minimum absolute atomic E-state index is 0.144. The number of halogens is 3. The van der Waals surface area contributed by atoms with E-state index < -0.39 is 11.9 Å². The van der Waals surface area contributed by atoms with Gasteiger partial charge in [0, 0.05) is 11.8 Å². The quantitative estimate of drug-likeness (QED) is 0.744. The molecule has 0 atom stereocenters. The zero-order valence-electron chi connectivity index (χ0n) is 8.67. The number of hydrogen-bond donors (Lipinski definition) is 0. The third-order valence-corrected chi connectivity index (χ3v) is 2.57. The van der Waals surface area contributed by atoms with Crippen molar-refractivity contribution in [3.8, 4) is 0 Å². The molecule has 0 radical (unpaired) electrons. The highest BCUT2D eigenvalue weighted by Gasteiger charge is 2.39. The van der Waals surface area contributed by atoms with E-state index in [1.807, 2.05) is 0 Å². The van der Waals surface area contributed by atoms with Gasteiger partial charge in [-0.1, -0.05) is 13.8 Å². The maximum absolute atomic E-state index is 12.6. The average Bonchev–Trinajstić information content (AvgIpc) is 2.81. The third-order valence-electron chi connectivity index (χ3n) is 2.57. The Morgan fingerprint density at radius 3 is 2.33 bits per heavy atom. The SMILES string of the molecule is CC(C)c1cn(C2CC2)nc1C(F)(F)F. The lowest BCUT2D eigenvalue weighted by atomic mass is 10.0. The van der Waals surface area contributed by atoms with Crippen LogP contribution in [0.2, 0.25) is 0 Å². The number of alkyl halides is 3. The first-order valence-electron chi connectivity index (χ1n) is 5.06. The molecule has 2 rings (SSSR count). The zero-order valence-corrected chi connectivity index (χ0v) is 8.67. The molecule has 1 aliphatic carbocycles. The van der Waals surface area contributed by atoms with Gasteiger partial charge in [0.1, 0.15) is 0 Å². The third kappa shape index (κ3) is 2.01. The van der Waals surface area contributed by atoms with Gasteiger partial charge >= 0.3 is 6.18 Å². The van der Waals surface area contributed by atoms with Crippen molar-refractivity contribution in [2.75, 3.05) is 0 Å². The second-order valence-corrected chi connectivity index (χ2v) is 4.30. The van der Waals surface area contributed by atoms with E-state index in [2.05, 4.69) is 5.10 Å². The minimum atomic E-state index is -4.33. The van der Waals surface area contributed by atoms with Crippen LogP contribution in [-0.2, 0) is 6.18 Å². The highest BCUT2D eigenvalue weighted by atomic mass is 19.4. The molecule has 0 aliphatic heterocycles. The Morgan fingerprint density at radius 1 is 1.40 bits per heavy atom. The van der Waals surface area contributed by atoms with Gasteiger partial charge < -0.3 is 0 Å². The maximum atomic E-state index is 12.6. The molecule has 5 heteroatoms. The van der Waals surface area contributed by atoms with E-state index in [0.717, 1.165) is 12.8 Å². The molecule has 1 saturated carbocycles. The lowest BCUT2D eigenvalue weighted by Crippen LogP contribution is -2.10. The molecule has 0 aromatic carbocycles. The first kappa shape index (κ1) is 10.5. The van der Waals surface area contributed by atoms with E-state index in [9.17, 15) is 13.2 Å². The molecule has 1 fully saturated rings. The Kier molecular flexibility index (Phi) is 2.28. The Labute approximate surface area is 86.1 Å². The van der Waals surface area contributed by atoms with E-state index in [1.165, 1.54) is 4.68 Å². The topological polar surface area (TPSA) is 17.8 Å². The van der Waals surface area contributed by atoms with Crippen LogP contribution in [0.3, 0.4) is 0 Å². The van der Waals surface area contributed by atoms with Crippen molar-refractivity contribution in [1.29, 1.82) is 0 Å². The van der Waals surface area contributed by atoms with Gasteiger partial charge in [-0.25, -0.2) is 0 Å². The average molecular weight is 218 g/mol. The zero-order chi connectivity index (χ0) is 11.2. The summed E-state index contributed by atoms with van der Waals surface area (Å²) in [6.07, 6.45) is -0.905. The Bertz CT molecular complexity index is 361. The molecule has 2 nitrogen and oxygen atoms in total. The van der Waals surface area contributed by atoms with Crippen LogP contribution in [0.5, 0.6) is 0 Å². The first-order chi connectivity index (χ1) is 6.89. The van der Waals surface area contributed by atoms with E-state index in [-0.39, 0.29) is 12.0 Å². The molecule has 1 aromatic rings. The monoisotopic (exact) mass is 218 g/mol. The summed E-state index contributed by atoms with van der Waals surface area (Å²) in [7, 11) is 0. The van der Waals surface area contributed by atoms with Gasteiger partial charge in [0.25, 0.3) is 0 Å². The fraction of sp³-hybridized carbons (Fsp3) is 0.700. The number of rotatable bonds is 2. The molecule has 1 aliphatic rings. The van der Waals surface area contributed by atoms with Gasteiger partial charge in [0.05, 0.1) is 6.04 Å². The molecule has 0 amide bonds. The van der Waals surface area contributed by atoms with Crippen LogP contribution in [-0.4, -0.2) is 9.78 Å². The van der Waals surface area contributed by atoms with Gasteiger partial charge in [0.15, 0.2) is 5.69 Å². The molecule has 0 spiro atoms. The largest absolute Gasteiger partial charge is 0.435 e. The van der Waals surface area contributed by atoms with Crippen LogP contribution < -0.4 is 0 Å². The molecule has 15 heavy (non-hydrogen) atoms. The summed E-state index contributed by atoms with van der Waals surface area (Å²) >= 11 is 0. The summed E-state index contributed by atoms with van der Waals surface area (Å²) in [5, 5.41) is 3.66. The molecule has 0 saturated heterocycles. The normalized spacial score (nSPS) is 17.5. The summed E-state index contributed by atoms with van der Waals surface area (Å²) in [4.78, 5) is 0. The predicted molar refractivity (Wildman–Crippen MR) is 49.6 cm³/mol.